The highest BCUT2D eigenvalue weighted by atomic mass is 32.1. The number of rotatable bonds is 8. The van der Waals surface area contributed by atoms with Gasteiger partial charge in [-0.1, -0.05) is 42.5 Å². The molecule has 5 rings (SSSR count). The number of para-hydroxylation sites is 1. The Hall–Kier alpha value is -4.43. The van der Waals surface area contributed by atoms with Crippen LogP contribution in [0.1, 0.15) is 16.0 Å². The molecule has 8 heteroatoms. The van der Waals surface area contributed by atoms with E-state index in [-0.39, 0.29) is 24.4 Å². The first-order chi connectivity index (χ1) is 18.0. The minimum absolute atomic E-state index is 0.0929. The number of hydrogen-bond acceptors (Lipinski definition) is 5. The molecule has 7 nitrogen and oxygen atoms in total. The smallest absolute Gasteiger partial charge is 0.336 e. The van der Waals surface area contributed by atoms with Crippen LogP contribution in [0.5, 0.6) is 5.75 Å². The zero-order valence-corrected chi connectivity index (χ0v) is 21.0. The van der Waals surface area contributed by atoms with Gasteiger partial charge in [-0.3, -0.25) is 14.2 Å². The number of nitrogens with one attached hydrogen (secondary N) is 1. The third kappa shape index (κ3) is 5.24. The van der Waals surface area contributed by atoms with E-state index in [4.69, 9.17) is 4.74 Å². The average molecular weight is 512 g/mol. The van der Waals surface area contributed by atoms with E-state index in [9.17, 15) is 14.4 Å². The molecular formula is C29H25N3O4S. The summed E-state index contributed by atoms with van der Waals surface area (Å²) in [6.07, 6.45) is 0.207. The number of carbonyl (C=O) groups is 1. The van der Waals surface area contributed by atoms with Gasteiger partial charge in [-0.15, -0.1) is 11.3 Å². The maximum Gasteiger partial charge on any atom is 0.336 e. The van der Waals surface area contributed by atoms with Crippen LogP contribution in [0.25, 0.3) is 16.6 Å². The van der Waals surface area contributed by atoms with Crippen LogP contribution in [0, 0.1) is 0 Å². The fourth-order valence-corrected chi connectivity index (χ4v) is 4.91. The number of hydrogen-bond donors (Lipinski definition) is 1. The zero-order chi connectivity index (χ0) is 25.8. The van der Waals surface area contributed by atoms with E-state index in [2.05, 4.69) is 5.32 Å². The lowest BCUT2D eigenvalue weighted by Gasteiger charge is -2.15. The molecule has 0 fully saturated rings. The second kappa shape index (κ2) is 10.7. The van der Waals surface area contributed by atoms with Gasteiger partial charge in [0.25, 0.3) is 5.56 Å². The summed E-state index contributed by atoms with van der Waals surface area (Å²) in [6.45, 7) is 0.771. The van der Waals surface area contributed by atoms with Gasteiger partial charge in [0.1, 0.15) is 5.75 Å². The Morgan fingerprint density at radius 1 is 0.919 bits per heavy atom. The maximum absolute atomic E-state index is 13.7. The molecule has 186 valence electrons. The Morgan fingerprint density at radius 3 is 2.49 bits per heavy atom. The molecule has 0 saturated carbocycles. The van der Waals surface area contributed by atoms with Crippen LogP contribution in [0.3, 0.4) is 0 Å². The minimum Gasteiger partial charge on any atom is -0.497 e. The number of aromatic nitrogens is 2. The zero-order valence-electron chi connectivity index (χ0n) is 20.2. The molecule has 2 aromatic heterocycles. The van der Waals surface area contributed by atoms with Gasteiger partial charge >= 0.3 is 5.69 Å². The highest BCUT2D eigenvalue weighted by molar-refractivity contribution is 7.09. The number of nitrogens with zero attached hydrogens (tertiary/aromatic N) is 2. The molecule has 0 unspecified atom stereocenters. The van der Waals surface area contributed by atoms with Crippen molar-refractivity contribution in [3.63, 3.8) is 0 Å². The largest absolute Gasteiger partial charge is 0.497 e. The predicted molar refractivity (Wildman–Crippen MR) is 146 cm³/mol. The highest BCUT2D eigenvalue weighted by Gasteiger charge is 2.15. The predicted octanol–water partition coefficient (Wildman–Crippen LogP) is 4.13. The molecule has 0 aliphatic rings. The Bertz CT molecular complexity index is 1670. The lowest BCUT2D eigenvalue weighted by atomic mass is 10.1. The summed E-state index contributed by atoms with van der Waals surface area (Å²) in [6, 6.07) is 25.5. The first kappa shape index (κ1) is 24.3. The van der Waals surface area contributed by atoms with Crippen LogP contribution in [0.2, 0.25) is 0 Å². The topological polar surface area (TPSA) is 82.3 Å². The number of carbonyl (C=O) groups excluding carboxylic acids is 1. The molecule has 37 heavy (non-hydrogen) atoms. The van der Waals surface area contributed by atoms with E-state index in [1.807, 2.05) is 47.8 Å². The molecule has 5 aromatic rings. The van der Waals surface area contributed by atoms with E-state index >= 15 is 0 Å². The molecule has 0 radical (unpaired) electrons. The number of methoxy groups -OCH3 is 1. The lowest BCUT2D eigenvalue weighted by molar-refractivity contribution is -0.120. The molecule has 0 atom stereocenters. The van der Waals surface area contributed by atoms with Crippen LogP contribution in [-0.4, -0.2) is 22.2 Å². The number of benzene rings is 3. The van der Waals surface area contributed by atoms with Crippen molar-refractivity contribution in [2.75, 3.05) is 7.11 Å². The third-order valence-corrected chi connectivity index (χ3v) is 7.00. The van der Waals surface area contributed by atoms with Gasteiger partial charge in [0, 0.05) is 4.88 Å². The van der Waals surface area contributed by atoms with Crippen molar-refractivity contribution in [1.82, 2.24) is 14.5 Å². The van der Waals surface area contributed by atoms with E-state index in [0.29, 0.717) is 28.9 Å². The van der Waals surface area contributed by atoms with Gasteiger partial charge in [-0.2, -0.15) is 0 Å². The summed E-state index contributed by atoms with van der Waals surface area (Å²) in [4.78, 5) is 40.5. The number of thiophene rings is 1. The number of fused-ring (bicyclic) bond motifs is 1. The van der Waals surface area contributed by atoms with Gasteiger partial charge in [0.05, 0.1) is 43.2 Å². The molecule has 1 N–H and O–H groups in total. The van der Waals surface area contributed by atoms with Gasteiger partial charge in [-0.25, -0.2) is 9.36 Å². The second-order valence-electron chi connectivity index (χ2n) is 8.58. The standard InChI is InChI=1S/C29H25N3O4S/c1-36-23-7-4-6-21(16-23)19-31-26-10-3-2-9-25(26)28(34)32(29(31)35)22-13-11-20(12-14-22)17-27(33)30-18-24-8-5-15-37-24/h2-16H,17-19H2,1H3,(H,30,33). The van der Waals surface area contributed by atoms with E-state index in [1.54, 1.807) is 65.5 Å². The van der Waals surface area contributed by atoms with Crippen molar-refractivity contribution in [3.05, 3.63) is 127 Å². The summed E-state index contributed by atoms with van der Waals surface area (Å²) in [5, 5.41) is 5.33. The van der Waals surface area contributed by atoms with E-state index in [0.717, 1.165) is 16.0 Å². The van der Waals surface area contributed by atoms with Crippen molar-refractivity contribution in [2.45, 2.75) is 19.5 Å². The molecular weight excluding hydrogens is 486 g/mol. The van der Waals surface area contributed by atoms with E-state index in [1.165, 1.54) is 4.57 Å². The van der Waals surface area contributed by atoms with Crippen LogP contribution >= 0.6 is 11.3 Å². The monoisotopic (exact) mass is 511 g/mol. The quantitative estimate of drug-likeness (QED) is 0.340. The molecule has 2 heterocycles. The van der Waals surface area contributed by atoms with Crippen molar-refractivity contribution in [3.8, 4) is 11.4 Å². The first-order valence-electron chi connectivity index (χ1n) is 11.8. The molecule has 0 bridgehead atoms. The van der Waals surface area contributed by atoms with Crippen LogP contribution in [0.4, 0.5) is 0 Å². The normalized spacial score (nSPS) is 10.9. The number of ether oxygens (including phenoxy) is 1. The Labute approximate surface area is 217 Å². The third-order valence-electron chi connectivity index (χ3n) is 6.12. The second-order valence-corrected chi connectivity index (χ2v) is 9.61. The van der Waals surface area contributed by atoms with Gasteiger partial charge < -0.3 is 10.1 Å². The van der Waals surface area contributed by atoms with Crippen molar-refractivity contribution in [1.29, 1.82) is 0 Å². The van der Waals surface area contributed by atoms with Crippen molar-refractivity contribution in [2.24, 2.45) is 0 Å². The molecule has 0 aliphatic carbocycles. The molecule has 1 amide bonds. The Kier molecular flexibility index (Phi) is 7.00. The van der Waals surface area contributed by atoms with Crippen molar-refractivity contribution < 1.29 is 9.53 Å². The lowest BCUT2D eigenvalue weighted by Crippen LogP contribution is -2.39. The summed E-state index contributed by atoms with van der Waals surface area (Å²) in [7, 11) is 1.60. The van der Waals surface area contributed by atoms with Crippen molar-refractivity contribution >= 4 is 28.1 Å². The molecule has 3 aromatic carbocycles. The average Bonchev–Trinajstić information content (AvgIpc) is 3.45. The molecule has 0 aliphatic heterocycles. The van der Waals surface area contributed by atoms with Crippen LogP contribution in [0.15, 0.2) is 99.9 Å². The van der Waals surface area contributed by atoms with Crippen LogP contribution in [-0.2, 0) is 24.3 Å². The summed E-state index contributed by atoms with van der Waals surface area (Å²) in [5.41, 5.74) is 1.86. The summed E-state index contributed by atoms with van der Waals surface area (Å²) >= 11 is 1.59. The first-order valence-corrected chi connectivity index (χ1v) is 12.7. The Morgan fingerprint density at radius 2 is 1.73 bits per heavy atom. The Balaban J connectivity index is 1.46. The minimum atomic E-state index is -0.437. The van der Waals surface area contributed by atoms with Gasteiger partial charge in [0.15, 0.2) is 0 Å². The molecule has 0 spiro atoms. The highest BCUT2D eigenvalue weighted by Crippen LogP contribution is 2.16. The maximum atomic E-state index is 13.7. The fourth-order valence-electron chi connectivity index (χ4n) is 4.26. The van der Waals surface area contributed by atoms with Gasteiger partial charge in [-0.05, 0) is 59.0 Å². The van der Waals surface area contributed by atoms with Crippen LogP contribution < -0.4 is 21.3 Å². The molecule has 0 saturated heterocycles. The summed E-state index contributed by atoms with van der Waals surface area (Å²) < 4.78 is 8.10. The van der Waals surface area contributed by atoms with Gasteiger partial charge in [0.2, 0.25) is 5.91 Å². The summed E-state index contributed by atoms with van der Waals surface area (Å²) in [5.74, 6) is 0.600. The SMILES string of the molecule is COc1cccc(Cn2c(=O)n(-c3ccc(CC(=O)NCc4cccs4)cc3)c(=O)c3ccccc32)c1. The number of amides is 1. The van der Waals surface area contributed by atoms with E-state index < -0.39 is 5.69 Å². The fraction of sp³-hybridized carbons (Fsp3) is 0.138.